The molecule has 8 nitrogen and oxygen atoms in total. The van der Waals surface area contributed by atoms with E-state index >= 15 is 0 Å². The normalized spacial score (nSPS) is 20.6. The Morgan fingerprint density at radius 2 is 2.12 bits per heavy atom. The van der Waals surface area contributed by atoms with Crippen molar-refractivity contribution in [2.45, 2.75) is 39.1 Å². The van der Waals surface area contributed by atoms with E-state index in [1.807, 2.05) is 37.3 Å². The predicted octanol–water partition coefficient (Wildman–Crippen LogP) is 1.05. The second-order valence-corrected chi connectivity index (χ2v) is 5.90. The van der Waals surface area contributed by atoms with Crippen LogP contribution in [0.25, 0.3) is 0 Å². The Balaban J connectivity index is 1.81. The Bertz CT molecular complexity index is 746. The molecule has 1 aromatic carbocycles. The summed E-state index contributed by atoms with van der Waals surface area (Å²) in [7, 11) is 0. The van der Waals surface area contributed by atoms with E-state index in [4.69, 9.17) is 4.74 Å². The summed E-state index contributed by atoms with van der Waals surface area (Å²) in [6.07, 6.45) is 1.13. The number of carbonyl (C=O) groups excluding carboxylic acids is 2. The molecular formula is C17H21N5O3. The molecule has 1 aliphatic heterocycles. The average molecular weight is 343 g/mol. The smallest absolute Gasteiger partial charge is 0.252 e. The zero-order valence-corrected chi connectivity index (χ0v) is 14.3. The monoisotopic (exact) mass is 343 g/mol. The average Bonchev–Trinajstić information content (AvgIpc) is 3.06. The van der Waals surface area contributed by atoms with Crippen molar-refractivity contribution in [3.63, 3.8) is 0 Å². The molecule has 1 fully saturated rings. The van der Waals surface area contributed by atoms with Crippen molar-refractivity contribution in [3.05, 3.63) is 42.2 Å². The molecule has 1 aliphatic rings. The second kappa shape index (κ2) is 7.43. The summed E-state index contributed by atoms with van der Waals surface area (Å²) in [5, 5.41) is 10.5. The molecular weight excluding hydrogens is 322 g/mol. The first-order chi connectivity index (χ1) is 12.1. The number of morpholine rings is 1. The molecule has 2 atom stereocenters. The third-order valence-electron chi connectivity index (χ3n) is 4.23. The van der Waals surface area contributed by atoms with Crippen molar-refractivity contribution in [1.82, 2.24) is 19.7 Å². The molecule has 25 heavy (non-hydrogen) atoms. The van der Waals surface area contributed by atoms with Crippen LogP contribution < -0.4 is 5.32 Å². The first kappa shape index (κ1) is 17.1. The largest absolute Gasteiger partial charge is 0.366 e. The lowest BCUT2D eigenvalue weighted by molar-refractivity contribution is -0.161. The van der Waals surface area contributed by atoms with Gasteiger partial charge in [0.15, 0.2) is 0 Å². The van der Waals surface area contributed by atoms with E-state index in [0.717, 1.165) is 5.56 Å². The summed E-state index contributed by atoms with van der Waals surface area (Å²) in [5.41, 5.74) is 0.958. The van der Waals surface area contributed by atoms with Gasteiger partial charge in [-0.2, -0.15) is 0 Å². The molecule has 0 saturated carbocycles. The van der Waals surface area contributed by atoms with E-state index in [1.165, 1.54) is 0 Å². The first-order valence-corrected chi connectivity index (χ1v) is 8.23. The minimum Gasteiger partial charge on any atom is -0.366 e. The number of nitrogens with zero attached hydrogens (tertiary/aromatic N) is 4. The number of benzene rings is 1. The molecule has 132 valence electrons. The van der Waals surface area contributed by atoms with Crippen molar-refractivity contribution in [2.75, 3.05) is 11.9 Å². The number of amides is 2. The molecule has 2 aromatic rings. The number of aryl methyl sites for hydroxylation is 1. The van der Waals surface area contributed by atoms with Crippen LogP contribution in [0.1, 0.15) is 19.4 Å². The molecule has 1 N–H and O–H groups in total. The fourth-order valence-corrected chi connectivity index (χ4v) is 2.87. The van der Waals surface area contributed by atoms with E-state index in [2.05, 4.69) is 15.5 Å². The van der Waals surface area contributed by atoms with Crippen LogP contribution in [0.15, 0.2) is 36.7 Å². The van der Waals surface area contributed by atoms with Gasteiger partial charge in [-0.05, 0) is 19.4 Å². The highest BCUT2D eigenvalue weighted by Gasteiger charge is 2.39. The number of anilines is 1. The fourth-order valence-electron chi connectivity index (χ4n) is 2.87. The van der Waals surface area contributed by atoms with Crippen molar-refractivity contribution < 1.29 is 14.3 Å². The van der Waals surface area contributed by atoms with Gasteiger partial charge >= 0.3 is 0 Å². The Morgan fingerprint density at radius 1 is 1.36 bits per heavy atom. The summed E-state index contributed by atoms with van der Waals surface area (Å²) in [6.45, 7) is 4.68. The summed E-state index contributed by atoms with van der Waals surface area (Å²) >= 11 is 0. The quantitative estimate of drug-likeness (QED) is 0.877. The number of hydrogen-bond acceptors (Lipinski definition) is 5. The SMILES string of the molecule is CCn1cnnc1NC(=O)[C@@H]1[C@@H](C)OCC(=O)N1Cc1ccccc1. The van der Waals surface area contributed by atoms with Crippen LogP contribution >= 0.6 is 0 Å². The minimum absolute atomic E-state index is 0.0249. The second-order valence-electron chi connectivity index (χ2n) is 5.90. The van der Waals surface area contributed by atoms with Crippen LogP contribution in [0.4, 0.5) is 5.95 Å². The summed E-state index contributed by atoms with van der Waals surface area (Å²) < 4.78 is 7.19. The zero-order chi connectivity index (χ0) is 17.8. The predicted molar refractivity (Wildman–Crippen MR) is 90.5 cm³/mol. The van der Waals surface area contributed by atoms with E-state index in [-0.39, 0.29) is 18.4 Å². The van der Waals surface area contributed by atoms with Gasteiger partial charge in [-0.15, -0.1) is 10.2 Å². The summed E-state index contributed by atoms with van der Waals surface area (Å²) in [6, 6.07) is 8.84. The molecule has 3 rings (SSSR count). The number of rotatable bonds is 5. The number of hydrogen-bond donors (Lipinski definition) is 1. The Hall–Kier alpha value is -2.74. The molecule has 1 saturated heterocycles. The van der Waals surface area contributed by atoms with Crippen LogP contribution in [0.3, 0.4) is 0 Å². The topological polar surface area (TPSA) is 89.4 Å². The van der Waals surface area contributed by atoms with Gasteiger partial charge in [0, 0.05) is 13.1 Å². The lowest BCUT2D eigenvalue weighted by atomic mass is 10.1. The van der Waals surface area contributed by atoms with E-state index in [0.29, 0.717) is 19.0 Å². The van der Waals surface area contributed by atoms with Crippen molar-refractivity contribution >= 4 is 17.8 Å². The minimum atomic E-state index is -0.733. The Morgan fingerprint density at radius 3 is 2.84 bits per heavy atom. The highest BCUT2D eigenvalue weighted by molar-refractivity contribution is 5.97. The highest BCUT2D eigenvalue weighted by Crippen LogP contribution is 2.20. The van der Waals surface area contributed by atoms with Gasteiger partial charge in [0.25, 0.3) is 5.91 Å². The lowest BCUT2D eigenvalue weighted by Crippen LogP contribution is -2.58. The van der Waals surface area contributed by atoms with Crippen LogP contribution in [0.5, 0.6) is 0 Å². The van der Waals surface area contributed by atoms with Crippen molar-refractivity contribution in [3.8, 4) is 0 Å². The molecule has 1 aromatic heterocycles. The van der Waals surface area contributed by atoms with Gasteiger partial charge in [0.1, 0.15) is 19.0 Å². The maximum Gasteiger partial charge on any atom is 0.252 e. The maximum atomic E-state index is 12.8. The number of ether oxygens (including phenoxy) is 1. The molecule has 2 amide bonds. The number of nitrogens with one attached hydrogen (secondary N) is 1. The molecule has 0 radical (unpaired) electrons. The highest BCUT2D eigenvalue weighted by atomic mass is 16.5. The molecule has 8 heteroatoms. The first-order valence-electron chi connectivity index (χ1n) is 8.23. The van der Waals surface area contributed by atoms with E-state index in [1.54, 1.807) is 22.7 Å². The number of aromatic nitrogens is 3. The standard InChI is InChI=1S/C17H21N5O3/c1-3-21-11-18-20-17(21)19-16(24)15-12(2)25-10-14(23)22(15)9-13-7-5-4-6-8-13/h4-8,11-12,15H,3,9-10H2,1-2H3,(H,19,20,24)/t12-,15+/m1/s1. The molecule has 0 unspecified atom stereocenters. The van der Waals surface area contributed by atoms with Gasteiger partial charge in [0.2, 0.25) is 11.9 Å². The van der Waals surface area contributed by atoms with Gasteiger partial charge in [0.05, 0.1) is 6.10 Å². The van der Waals surface area contributed by atoms with Gasteiger partial charge < -0.3 is 14.2 Å². The van der Waals surface area contributed by atoms with Crippen LogP contribution in [-0.4, -0.2) is 50.2 Å². The fraction of sp³-hybridized carbons (Fsp3) is 0.412. The third-order valence-corrected chi connectivity index (χ3v) is 4.23. The lowest BCUT2D eigenvalue weighted by Gasteiger charge is -2.38. The van der Waals surface area contributed by atoms with E-state index < -0.39 is 12.1 Å². The maximum absolute atomic E-state index is 12.8. The van der Waals surface area contributed by atoms with Crippen LogP contribution in [-0.2, 0) is 27.4 Å². The van der Waals surface area contributed by atoms with Crippen molar-refractivity contribution in [2.24, 2.45) is 0 Å². The van der Waals surface area contributed by atoms with E-state index in [9.17, 15) is 9.59 Å². The summed E-state index contributed by atoms with van der Waals surface area (Å²) in [5.74, 6) is -0.185. The third kappa shape index (κ3) is 3.69. The van der Waals surface area contributed by atoms with Gasteiger partial charge in [-0.3, -0.25) is 14.9 Å². The Kier molecular flexibility index (Phi) is 5.08. The molecule has 0 aliphatic carbocycles. The van der Waals surface area contributed by atoms with Gasteiger partial charge in [-0.25, -0.2) is 0 Å². The molecule has 0 bridgehead atoms. The molecule has 0 spiro atoms. The van der Waals surface area contributed by atoms with Crippen LogP contribution in [0.2, 0.25) is 0 Å². The van der Waals surface area contributed by atoms with Gasteiger partial charge in [-0.1, -0.05) is 30.3 Å². The van der Waals surface area contributed by atoms with Crippen molar-refractivity contribution in [1.29, 1.82) is 0 Å². The number of carbonyl (C=O) groups is 2. The Labute approximate surface area is 145 Å². The van der Waals surface area contributed by atoms with Crippen LogP contribution in [0, 0.1) is 0 Å². The summed E-state index contributed by atoms with van der Waals surface area (Å²) in [4.78, 5) is 26.8. The molecule has 2 heterocycles. The zero-order valence-electron chi connectivity index (χ0n) is 14.3.